The third kappa shape index (κ3) is 3.69. The number of fused-ring (bicyclic) bond motifs is 3. The van der Waals surface area contributed by atoms with Crippen LogP contribution in [0.2, 0.25) is 0 Å². The number of H-pyrrole nitrogens is 1. The molecular weight excluding hydrogens is 375 g/mol. The largest absolute Gasteiger partial charge is 0.390 e. The standard InChI is InChI=1S/C17H18F3N7O/c18-17(19,20)4-6-22-16(28)10-2-1-7-27(8-10)15-12-11-3-5-21-13(11)25-26-14(12)23-9-24-15/h3,5,9-10H,1-2,4,6-8H2,(H,22,28)(H,23,24,26). The van der Waals surface area contributed by atoms with E-state index in [4.69, 9.17) is 0 Å². The second kappa shape index (κ2) is 7.21. The Hall–Kier alpha value is -2.98. The van der Waals surface area contributed by atoms with Crippen LogP contribution in [-0.2, 0) is 4.79 Å². The third-order valence-corrected chi connectivity index (χ3v) is 4.84. The smallest absolute Gasteiger partial charge is 0.355 e. The van der Waals surface area contributed by atoms with Gasteiger partial charge in [-0.1, -0.05) is 0 Å². The van der Waals surface area contributed by atoms with E-state index in [1.807, 2.05) is 11.0 Å². The van der Waals surface area contributed by atoms with Gasteiger partial charge in [-0.25, -0.2) is 9.97 Å². The number of alkyl halides is 3. The first-order valence-corrected chi connectivity index (χ1v) is 8.96. The molecule has 0 aliphatic carbocycles. The first kappa shape index (κ1) is 18.4. The predicted octanol–water partition coefficient (Wildman–Crippen LogP) is 2.19. The summed E-state index contributed by atoms with van der Waals surface area (Å²) in [4.78, 5) is 25.9. The molecule has 8 nitrogen and oxygen atoms in total. The summed E-state index contributed by atoms with van der Waals surface area (Å²) in [5.41, 5.74) is 1.07. The molecule has 0 spiro atoms. The van der Waals surface area contributed by atoms with E-state index in [0.29, 0.717) is 36.6 Å². The van der Waals surface area contributed by atoms with Crippen LogP contribution in [0.1, 0.15) is 19.3 Å². The van der Waals surface area contributed by atoms with Crippen LogP contribution in [0.4, 0.5) is 19.0 Å². The Morgan fingerprint density at radius 2 is 2.18 bits per heavy atom. The number of aromatic amines is 1. The van der Waals surface area contributed by atoms with Crippen LogP contribution in [0.25, 0.3) is 22.1 Å². The fourth-order valence-electron chi connectivity index (χ4n) is 3.52. The fourth-order valence-corrected chi connectivity index (χ4v) is 3.52. The SMILES string of the molecule is O=C(NCCC(F)(F)F)C1CCCN(c2nc[nH]c3nnc4nccc4c23)C1. The van der Waals surface area contributed by atoms with Crippen LogP contribution in [0.3, 0.4) is 0 Å². The molecule has 4 heterocycles. The van der Waals surface area contributed by atoms with Gasteiger partial charge in [-0.05, 0) is 18.9 Å². The van der Waals surface area contributed by atoms with Crippen LogP contribution >= 0.6 is 0 Å². The average molecular weight is 393 g/mol. The Balaban J connectivity index is 1.55. The van der Waals surface area contributed by atoms with Crippen molar-refractivity contribution in [2.24, 2.45) is 5.92 Å². The van der Waals surface area contributed by atoms with Crippen molar-refractivity contribution in [3.05, 3.63) is 18.6 Å². The average Bonchev–Trinajstić information content (AvgIpc) is 3.15. The second-order valence-electron chi connectivity index (χ2n) is 6.77. The quantitative estimate of drug-likeness (QED) is 0.705. The molecule has 1 amide bonds. The van der Waals surface area contributed by atoms with E-state index in [1.54, 1.807) is 6.20 Å². The third-order valence-electron chi connectivity index (χ3n) is 4.84. The zero-order chi connectivity index (χ0) is 19.7. The van der Waals surface area contributed by atoms with E-state index in [2.05, 4.69) is 30.5 Å². The van der Waals surface area contributed by atoms with Gasteiger partial charge in [0.15, 0.2) is 11.3 Å². The van der Waals surface area contributed by atoms with Crippen LogP contribution in [0.5, 0.6) is 0 Å². The number of carbonyl (C=O) groups excluding carboxylic acids is 1. The minimum Gasteiger partial charge on any atom is -0.355 e. The summed E-state index contributed by atoms with van der Waals surface area (Å²) in [6.45, 7) is 0.661. The van der Waals surface area contributed by atoms with Crippen LogP contribution < -0.4 is 10.2 Å². The molecule has 3 aromatic heterocycles. The number of rotatable bonds is 4. The summed E-state index contributed by atoms with van der Waals surface area (Å²) in [6.07, 6.45) is -0.797. The Kier molecular flexibility index (Phi) is 4.73. The summed E-state index contributed by atoms with van der Waals surface area (Å²) in [7, 11) is 0. The molecule has 11 heteroatoms. The van der Waals surface area contributed by atoms with Gasteiger partial charge in [-0.2, -0.15) is 13.2 Å². The lowest BCUT2D eigenvalue weighted by Gasteiger charge is -2.33. The molecule has 0 bridgehead atoms. The van der Waals surface area contributed by atoms with E-state index in [-0.39, 0.29) is 5.91 Å². The number of aromatic nitrogens is 5. The molecule has 1 atom stereocenters. The van der Waals surface area contributed by atoms with Gasteiger partial charge in [-0.15, -0.1) is 10.2 Å². The highest BCUT2D eigenvalue weighted by atomic mass is 19.4. The van der Waals surface area contributed by atoms with Crippen molar-refractivity contribution in [2.45, 2.75) is 25.4 Å². The van der Waals surface area contributed by atoms with Gasteiger partial charge in [0.05, 0.1) is 24.1 Å². The maximum Gasteiger partial charge on any atom is 0.390 e. The van der Waals surface area contributed by atoms with Crippen molar-refractivity contribution in [2.75, 3.05) is 24.5 Å². The van der Waals surface area contributed by atoms with Crippen LogP contribution in [-0.4, -0.2) is 56.9 Å². The lowest BCUT2D eigenvalue weighted by atomic mass is 9.96. The number of amides is 1. The molecule has 0 saturated carbocycles. The van der Waals surface area contributed by atoms with Crippen LogP contribution in [0.15, 0.2) is 18.6 Å². The van der Waals surface area contributed by atoms with Gasteiger partial charge in [0.25, 0.3) is 0 Å². The maximum absolute atomic E-state index is 12.3. The number of hydrogen-bond donors (Lipinski definition) is 2. The molecule has 0 aromatic carbocycles. The molecule has 0 radical (unpaired) electrons. The van der Waals surface area contributed by atoms with Crippen molar-refractivity contribution in [1.82, 2.24) is 30.5 Å². The van der Waals surface area contributed by atoms with Crippen molar-refractivity contribution < 1.29 is 18.0 Å². The Labute approximate surface area is 157 Å². The zero-order valence-electron chi connectivity index (χ0n) is 14.8. The molecule has 1 saturated heterocycles. The molecule has 2 N–H and O–H groups in total. The van der Waals surface area contributed by atoms with Gasteiger partial charge in [0.1, 0.15) is 5.82 Å². The number of hydrogen-bond acceptors (Lipinski definition) is 6. The van der Waals surface area contributed by atoms with Gasteiger partial charge >= 0.3 is 6.18 Å². The highest BCUT2D eigenvalue weighted by molar-refractivity contribution is 6.07. The molecule has 1 aliphatic rings. The van der Waals surface area contributed by atoms with E-state index in [9.17, 15) is 18.0 Å². The van der Waals surface area contributed by atoms with Crippen molar-refractivity contribution in [1.29, 1.82) is 0 Å². The molecular formula is C17H18F3N7O. The lowest BCUT2D eigenvalue weighted by molar-refractivity contribution is -0.136. The van der Waals surface area contributed by atoms with E-state index in [1.165, 1.54) is 6.33 Å². The van der Waals surface area contributed by atoms with E-state index >= 15 is 0 Å². The molecule has 1 fully saturated rings. The number of anilines is 1. The Morgan fingerprint density at radius 3 is 3.00 bits per heavy atom. The first-order valence-electron chi connectivity index (χ1n) is 8.96. The van der Waals surface area contributed by atoms with Gasteiger partial charge in [0.2, 0.25) is 5.91 Å². The second-order valence-corrected chi connectivity index (χ2v) is 6.77. The minimum atomic E-state index is -4.28. The summed E-state index contributed by atoms with van der Waals surface area (Å²) in [6, 6.07) is 1.83. The van der Waals surface area contributed by atoms with E-state index < -0.39 is 25.1 Å². The summed E-state index contributed by atoms with van der Waals surface area (Å²) < 4.78 is 36.9. The van der Waals surface area contributed by atoms with Crippen molar-refractivity contribution in [3.8, 4) is 0 Å². The lowest BCUT2D eigenvalue weighted by Crippen LogP contribution is -2.44. The molecule has 28 heavy (non-hydrogen) atoms. The minimum absolute atomic E-state index is 0.360. The normalized spacial score (nSPS) is 18.0. The summed E-state index contributed by atoms with van der Waals surface area (Å²) in [5.74, 6) is -0.0961. The molecule has 1 unspecified atom stereocenters. The van der Waals surface area contributed by atoms with E-state index in [0.717, 1.165) is 17.2 Å². The summed E-state index contributed by atoms with van der Waals surface area (Å²) in [5, 5.41) is 12.2. The first-order chi connectivity index (χ1) is 13.4. The fraction of sp³-hybridized carbons (Fsp3) is 0.471. The highest BCUT2D eigenvalue weighted by Crippen LogP contribution is 2.31. The molecule has 4 rings (SSSR count). The molecule has 1 aliphatic heterocycles. The maximum atomic E-state index is 12.3. The van der Waals surface area contributed by atoms with Gasteiger partial charge in [-0.3, -0.25) is 4.79 Å². The Bertz CT molecular complexity index is 1000. The molecule has 148 valence electrons. The number of nitrogens with one attached hydrogen (secondary N) is 2. The van der Waals surface area contributed by atoms with Crippen molar-refractivity contribution in [3.63, 3.8) is 0 Å². The van der Waals surface area contributed by atoms with Gasteiger partial charge < -0.3 is 15.2 Å². The monoisotopic (exact) mass is 393 g/mol. The molecule has 3 aromatic rings. The zero-order valence-corrected chi connectivity index (χ0v) is 14.8. The number of nitrogens with zero attached hydrogens (tertiary/aromatic N) is 5. The summed E-state index contributed by atoms with van der Waals surface area (Å²) >= 11 is 0. The number of carbonyl (C=O) groups is 1. The topological polar surface area (TPSA) is 99.7 Å². The van der Waals surface area contributed by atoms with Gasteiger partial charge in [0, 0.05) is 31.2 Å². The number of piperidine rings is 1. The predicted molar refractivity (Wildman–Crippen MR) is 95.6 cm³/mol. The number of halogens is 3. The van der Waals surface area contributed by atoms with Crippen LogP contribution in [0, 0.1) is 5.92 Å². The highest BCUT2D eigenvalue weighted by Gasteiger charge is 2.30. The van der Waals surface area contributed by atoms with Crippen molar-refractivity contribution >= 4 is 33.8 Å². The Morgan fingerprint density at radius 1 is 1.32 bits per heavy atom.